The van der Waals surface area contributed by atoms with Crippen LogP contribution in [0.25, 0.3) is 0 Å². The first-order valence-electron chi connectivity index (χ1n) is 7.25. The first-order chi connectivity index (χ1) is 10.8. The lowest BCUT2D eigenvalue weighted by Crippen LogP contribution is -2.34. The van der Waals surface area contributed by atoms with Crippen molar-refractivity contribution in [2.75, 3.05) is 5.32 Å². The maximum Gasteiger partial charge on any atom is 0.257 e. The van der Waals surface area contributed by atoms with Gasteiger partial charge in [0.15, 0.2) is 5.11 Å². The van der Waals surface area contributed by atoms with Gasteiger partial charge in [-0.25, -0.2) is 0 Å². The van der Waals surface area contributed by atoms with Gasteiger partial charge in [-0.1, -0.05) is 45.0 Å². The van der Waals surface area contributed by atoms with Crippen LogP contribution in [0.1, 0.15) is 36.7 Å². The van der Waals surface area contributed by atoms with E-state index in [0.717, 1.165) is 10.2 Å². The van der Waals surface area contributed by atoms with Crippen molar-refractivity contribution in [1.82, 2.24) is 5.32 Å². The summed E-state index contributed by atoms with van der Waals surface area (Å²) in [5.74, 6) is -0.227. The van der Waals surface area contributed by atoms with Crippen LogP contribution in [0.5, 0.6) is 0 Å². The van der Waals surface area contributed by atoms with E-state index in [1.165, 1.54) is 5.56 Å². The van der Waals surface area contributed by atoms with E-state index < -0.39 is 0 Å². The number of carbonyl (C=O) groups is 1. The smallest absolute Gasteiger partial charge is 0.257 e. The number of thiocarbonyl (C=S) groups is 1. The molecule has 120 valence electrons. The molecule has 1 amide bonds. The van der Waals surface area contributed by atoms with Gasteiger partial charge in [0.2, 0.25) is 0 Å². The van der Waals surface area contributed by atoms with E-state index in [-0.39, 0.29) is 16.4 Å². The molecule has 0 saturated carbocycles. The summed E-state index contributed by atoms with van der Waals surface area (Å²) in [6, 6.07) is 15.2. The van der Waals surface area contributed by atoms with Gasteiger partial charge in [-0.15, -0.1) is 0 Å². The Morgan fingerprint density at radius 1 is 1.04 bits per heavy atom. The predicted molar refractivity (Wildman–Crippen MR) is 103 cm³/mol. The van der Waals surface area contributed by atoms with E-state index in [1.54, 1.807) is 0 Å². The van der Waals surface area contributed by atoms with Crippen LogP contribution >= 0.6 is 28.1 Å². The number of anilines is 1. The second-order valence-electron chi connectivity index (χ2n) is 6.22. The fourth-order valence-electron chi connectivity index (χ4n) is 2.01. The summed E-state index contributed by atoms with van der Waals surface area (Å²) in [6.45, 7) is 6.41. The lowest BCUT2D eigenvalue weighted by atomic mass is 9.87. The van der Waals surface area contributed by atoms with Gasteiger partial charge in [0, 0.05) is 10.0 Å². The minimum Gasteiger partial charge on any atom is -0.331 e. The Labute approximate surface area is 150 Å². The third-order valence-corrected chi connectivity index (χ3v) is 4.26. The molecular weight excluding hydrogens is 372 g/mol. The Balaban J connectivity index is 2.01. The molecule has 0 fully saturated rings. The number of nitrogens with one attached hydrogen (secondary N) is 2. The molecule has 0 aliphatic carbocycles. The summed E-state index contributed by atoms with van der Waals surface area (Å²) in [5.41, 5.74) is 2.63. The molecule has 0 aliphatic rings. The molecule has 2 aromatic carbocycles. The minimum atomic E-state index is -0.227. The summed E-state index contributed by atoms with van der Waals surface area (Å²) in [4.78, 5) is 12.2. The zero-order chi connectivity index (χ0) is 17.0. The third-order valence-electron chi connectivity index (χ3n) is 3.36. The Morgan fingerprint density at radius 3 is 2.22 bits per heavy atom. The lowest BCUT2D eigenvalue weighted by molar-refractivity contribution is 0.0977. The topological polar surface area (TPSA) is 41.1 Å². The monoisotopic (exact) mass is 390 g/mol. The van der Waals surface area contributed by atoms with Gasteiger partial charge in [-0.3, -0.25) is 10.1 Å². The van der Waals surface area contributed by atoms with Gasteiger partial charge >= 0.3 is 0 Å². The van der Waals surface area contributed by atoms with E-state index in [0.29, 0.717) is 5.56 Å². The number of amides is 1. The van der Waals surface area contributed by atoms with Gasteiger partial charge in [-0.05, 0) is 63.4 Å². The molecule has 0 radical (unpaired) electrons. The zero-order valence-corrected chi connectivity index (χ0v) is 15.7. The fraction of sp³-hybridized carbons (Fsp3) is 0.222. The molecule has 0 saturated heterocycles. The van der Waals surface area contributed by atoms with E-state index in [1.807, 2.05) is 48.5 Å². The van der Waals surface area contributed by atoms with Gasteiger partial charge in [0.25, 0.3) is 5.91 Å². The van der Waals surface area contributed by atoms with Gasteiger partial charge in [0.1, 0.15) is 0 Å². The normalized spacial score (nSPS) is 11.0. The van der Waals surface area contributed by atoms with Crippen LogP contribution in [-0.4, -0.2) is 11.0 Å². The Kier molecular flexibility index (Phi) is 5.55. The second kappa shape index (κ2) is 7.23. The minimum absolute atomic E-state index is 0.0610. The first-order valence-corrected chi connectivity index (χ1v) is 8.45. The highest BCUT2D eigenvalue weighted by atomic mass is 79.9. The molecule has 2 aromatic rings. The van der Waals surface area contributed by atoms with Crippen LogP contribution in [0.2, 0.25) is 0 Å². The maximum atomic E-state index is 12.2. The molecule has 0 atom stereocenters. The largest absolute Gasteiger partial charge is 0.331 e. The van der Waals surface area contributed by atoms with Gasteiger partial charge in [0.05, 0.1) is 5.69 Å². The first kappa shape index (κ1) is 17.6. The molecule has 0 unspecified atom stereocenters. The van der Waals surface area contributed by atoms with E-state index in [2.05, 4.69) is 47.3 Å². The number of rotatable bonds is 2. The summed E-state index contributed by atoms with van der Waals surface area (Å²) in [7, 11) is 0. The molecule has 2 rings (SSSR count). The van der Waals surface area contributed by atoms with E-state index in [4.69, 9.17) is 12.2 Å². The highest BCUT2D eigenvalue weighted by Gasteiger charge is 2.14. The van der Waals surface area contributed by atoms with Crippen LogP contribution in [-0.2, 0) is 5.41 Å². The molecular formula is C18H19BrN2OS. The van der Waals surface area contributed by atoms with E-state index in [9.17, 15) is 4.79 Å². The number of carbonyl (C=O) groups excluding carboxylic acids is 1. The van der Waals surface area contributed by atoms with Crippen LogP contribution < -0.4 is 10.6 Å². The van der Waals surface area contributed by atoms with Crippen LogP contribution in [0.4, 0.5) is 5.69 Å². The lowest BCUT2D eigenvalue weighted by Gasteiger charge is -2.19. The fourth-order valence-corrected chi connectivity index (χ4v) is 2.60. The Bertz CT molecular complexity index is 721. The van der Waals surface area contributed by atoms with Gasteiger partial charge in [-0.2, -0.15) is 0 Å². The van der Waals surface area contributed by atoms with Crippen molar-refractivity contribution in [2.24, 2.45) is 0 Å². The Morgan fingerprint density at radius 2 is 1.65 bits per heavy atom. The van der Waals surface area contributed by atoms with Crippen molar-refractivity contribution in [3.63, 3.8) is 0 Å². The zero-order valence-electron chi connectivity index (χ0n) is 13.3. The molecule has 2 N–H and O–H groups in total. The predicted octanol–water partition coefficient (Wildman–Crippen LogP) is 4.87. The van der Waals surface area contributed by atoms with Crippen LogP contribution in [0, 0.1) is 0 Å². The SMILES string of the molecule is CC(C)(C)c1ccc(C(=O)NC(=S)Nc2ccccc2Br)cc1. The average molecular weight is 391 g/mol. The standard InChI is InChI=1S/C18H19BrN2OS/c1-18(2,3)13-10-8-12(9-11-13)16(22)21-17(23)20-15-7-5-4-6-14(15)19/h4-11H,1-3H3,(H2,20,21,22,23). The highest BCUT2D eigenvalue weighted by molar-refractivity contribution is 9.10. The van der Waals surface area contributed by atoms with Crippen molar-refractivity contribution >= 4 is 44.9 Å². The summed E-state index contributed by atoms with van der Waals surface area (Å²) >= 11 is 8.62. The molecule has 0 aliphatic heterocycles. The van der Waals surface area contributed by atoms with Crippen LogP contribution in [0.3, 0.4) is 0 Å². The number of para-hydroxylation sites is 1. The van der Waals surface area contributed by atoms with Crippen molar-refractivity contribution in [3.05, 3.63) is 64.1 Å². The molecule has 0 aromatic heterocycles. The molecule has 0 heterocycles. The average Bonchev–Trinajstić information content (AvgIpc) is 2.49. The van der Waals surface area contributed by atoms with Crippen molar-refractivity contribution in [2.45, 2.75) is 26.2 Å². The van der Waals surface area contributed by atoms with E-state index >= 15 is 0 Å². The molecule has 0 spiro atoms. The molecule has 5 heteroatoms. The summed E-state index contributed by atoms with van der Waals surface area (Å²) < 4.78 is 0.881. The maximum absolute atomic E-state index is 12.2. The van der Waals surface area contributed by atoms with Crippen molar-refractivity contribution in [1.29, 1.82) is 0 Å². The summed E-state index contributed by atoms with van der Waals surface area (Å²) in [6.07, 6.45) is 0. The number of hydrogen-bond donors (Lipinski definition) is 2. The summed E-state index contributed by atoms with van der Waals surface area (Å²) in [5, 5.41) is 5.96. The number of hydrogen-bond acceptors (Lipinski definition) is 2. The number of benzene rings is 2. The quantitative estimate of drug-likeness (QED) is 0.718. The third kappa shape index (κ3) is 4.88. The Hall–Kier alpha value is -1.72. The molecule has 0 bridgehead atoms. The van der Waals surface area contributed by atoms with Crippen molar-refractivity contribution < 1.29 is 4.79 Å². The molecule has 23 heavy (non-hydrogen) atoms. The van der Waals surface area contributed by atoms with Crippen molar-refractivity contribution in [3.8, 4) is 0 Å². The number of halogens is 1. The van der Waals surface area contributed by atoms with Crippen LogP contribution in [0.15, 0.2) is 53.0 Å². The highest BCUT2D eigenvalue weighted by Crippen LogP contribution is 2.22. The van der Waals surface area contributed by atoms with Gasteiger partial charge < -0.3 is 5.32 Å². The second-order valence-corrected chi connectivity index (χ2v) is 7.48. The molecule has 3 nitrogen and oxygen atoms in total.